The average molecular weight is 291 g/mol. The number of pyridine rings is 1. The van der Waals surface area contributed by atoms with Crippen LogP contribution in [0.15, 0.2) is 48.7 Å². The van der Waals surface area contributed by atoms with Crippen LogP contribution in [0, 0.1) is 6.92 Å². The molecule has 0 bridgehead atoms. The molecule has 2 heterocycles. The van der Waals surface area contributed by atoms with Gasteiger partial charge in [0, 0.05) is 17.3 Å². The number of carbonyl (C=O) groups is 1. The minimum Gasteiger partial charge on any atom is -0.314 e. The predicted octanol–water partition coefficient (Wildman–Crippen LogP) is 5.02. The highest BCUT2D eigenvalue weighted by Crippen LogP contribution is 2.33. The molecule has 2 heteroatoms. The van der Waals surface area contributed by atoms with Crippen LogP contribution < -0.4 is 0 Å². The molecule has 0 saturated heterocycles. The first-order valence-corrected chi connectivity index (χ1v) is 7.58. The van der Waals surface area contributed by atoms with Crippen LogP contribution in [0.2, 0.25) is 0 Å². The molecule has 0 radical (unpaired) electrons. The molecule has 1 aromatic carbocycles. The van der Waals surface area contributed by atoms with Crippen LogP contribution in [0.25, 0.3) is 16.6 Å². The van der Waals surface area contributed by atoms with Gasteiger partial charge in [-0.25, -0.2) is 0 Å². The van der Waals surface area contributed by atoms with Crippen LogP contribution in [-0.2, 0) is 5.41 Å². The maximum atomic E-state index is 11.6. The third kappa shape index (κ3) is 2.35. The van der Waals surface area contributed by atoms with Crippen molar-refractivity contribution in [3.8, 4) is 11.1 Å². The van der Waals surface area contributed by atoms with Crippen LogP contribution in [-0.4, -0.2) is 10.7 Å². The van der Waals surface area contributed by atoms with E-state index < -0.39 is 0 Å². The van der Waals surface area contributed by atoms with Gasteiger partial charge in [0.2, 0.25) is 0 Å². The SMILES string of the molecule is Cc1ccc(C(C)(C)C)cc1-c1cc2ccccn2c1C=O. The molecule has 22 heavy (non-hydrogen) atoms. The molecule has 112 valence electrons. The number of aryl methyl sites for hydroxylation is 1. The number of aldehydes is 1. The van der Waals surface area contributed by atoms with Crippen molar-refractivity contribution in [1.29, 1.82) is 0 Å². The normalized spacial score (nSPS) is 11.8. The highest BCUT2D eigenvalue weighted by atomic mass is 16.1. The Kier molecular flexibility index (Phi) is 3.40. The van der Waals surface area contributed by atoms with Crippen molar-refractivity contribution in [3.63, 3.8) is 0 Å². The minimum absolute atomic E-state index is 0.0863. The van der Waals surface area contributed by atoms with E-state index in [1.807, 2.05) is 28.8 Å². The monoisotopic (exact) mass is 291 g/mol. The Bertz CT molecular complexity index is 850. The van der Waals surface area contributed by atoms with Crippen LogP contribution in [0.4, 0.5) is 0 Å². The first-order valence-electron chi connectivity index (χ1n) is 7.58. The molecule has 0 N–H and O–H groups in total. The second-order valence-corrected chi connectivity index (χ2v) is 6.84. The van der Waals surface area contributed by atoms with Crippen LogP contribution >= 0.6 is 0 Å². The summed E-state index contributed by atoms with van der Waals surface area (Å²) < 4.78 is 1.95. The fourth-order valence-corrected chi connectivity index (χ4v) is 2.86. The van der Waals surface area contributed by atoms with Gasteiger partial charge in [-0.15, -0.1) is 0 Å². The lowest BCUT2D eigenvalue weighted by Crippen LogP contribution is -2.11. The quantitative estimate of drug-likeness (QED) is 0.607. The predicted molar refractivity (Wildman–Crippen MR) is 91.7 cm³/mol. The number of hydrogen-bond donors (Lipinski definition) is 0. The summed E-state index contributed by atoms with van der Waals surface area (Å²) in [7, 11) is 0. The van der Waals surface area contributed by atoms with Gasteiger partial charge in [0.15, 0.2) is 6.29 Å². The van der Waals surface area contributed by atoms with Crippen LogP contribution in [0.3, 0.4) is 0 Å². The van der Waals surface area contributed by atoms with Gasteiger partial charge < -0.3 is 4.40 Å². The zero-order chi connectivity index (χ0) is 15.9. The van der Waals surface area contributed by atoms with Gasteiger partial charge in [-0.3, -0.25) is 4.79 Å². The molecular formula is C20H21NO. The fraction of sp³-hybridized carbons (Fsp3) is 0.250. The molecule has 0 unspecified atom stereocenters. The van der Waals surface area contributed by atoms with E-state index in [1.165, 1.54) is 11.1 Å². The molecule has 0 aliphatic rings. The maximum absolute atomic E-state index is 11.6. The van der Waals surface area contributed by atoms with Crippen LogP contribution in [0.5, 0.6) is 0 Å². The largest absolute Gasteiger partial charge is 0.314 e. The summed E-state index contributed by atoms with van der Waals surface area (Å²) in [5, 5.41) is 0. The van der Waals surface area contributed by atoms with Gasteiger partial charge in [0.25, 0.3) is 0 Å². The summed E-state index contributed by atoms with van der Waals surface area (Å²) in [5.74, 6) is 0. The number of fused-ring (bicyclic) bond motifs is 1. The Labute approximate surface area is 131 Å². The van der Waals surface area contributed by atoms with Gasteiger partial charge in [0.1, 0.15) is 0 Å². The van der Waals surface area contributed by atoms with E-state index in [-0.39, 0.29) is 5.41 Å². The minimum atomic E-state index is 0.0863. The van der Waals surface area contributed by atoms with Crippen molar-refractivity contribution in [2.75, 3.05) is 0 Å². The third-order valence-electron chi connectivity index (χ3n) is 4.22. The van der Waals surface area contributed by atoms with E-state index in [4.69, 9.17) is 0 Å². The molecule has 2 aromatic heterocycles. The van der Waals surface area contributed by atoms with Crippen molar-refractivity contribution in [3.05, 3.63) is 65.5 Å². The smallest absolute Gasteiger partial charge is 0.167 e. The lowest BCUT2D eigenvalue weighted by molar-refractivity contribution is 0.111. The van der Waals surface area contributed by atoms with Crippen molar-refractivity contribution in [2.45, 2.75) is 33.1 Å². The second-order valence-electron chi connectivity index (χ2n) is 6.84. The van der Waals surface area contributed by atoms with E-state index in [0.717, 1.165) is 22.9 Å². The van der Waals surface area contributed by atoms with Gasteiger partial charge >= 0.3 is 0 Å². The van der Waals surface area contributed by atoms with Gasteiger partial charge in [-0.05, 0) is 47.2 Å². The Balaban J connectivity index is 2.29. The van der Waals surface area contributed by atoms with E-state index >= 15 is 0 Å². The first kappa shape index (κ1) is 14.6. The van der Waals surface area contributed by atoms with Gasteiger partial charge in [-0.1, -0.05) is 45.0 Å². The molecule has 3 aromatic rings. The molecule has 3 rings (SSSR count). The Morgan fingerprint density at radius 2 is 1.77 bits per heavy atom. The van der Waals surface area contributed by atoms with E-state index in [2.05, 4.69) is 52.0 Å². The highest BCUT2D eigenvalue weighted by molar-refractivity contribution is 5.90. The standard InChI is InChI=1S/C20H21NO/c1-14-8-9-15(20(2,3)4)11-17(14)18-12-16-7-5-6-10-21(16)19(18)13-22/h5-13H,1-4H3. The van der Waals surface area contributed by atoms with Crippen LogP contribution in [0.1, 0.15) is 42.4 Å². The summed E-state index contributed by atoms with van der Waals surface area (Å²) in [6.07, 6.45) is 2.89. The molecule has 0 atom stereocenters. The van der Waals surface area contributed by atoms with E-state index in [0.29, 0.717) is 5.69 Å². The zero-order valence-corrected chi connectivity index (χ0v) is 13.6. The van der Waals surface area contributed by atoms with Crippen molar-refractivity contribution in [2.24, 2.45) is 0 Å². The number of rotatable bonds is 2. The third-order valence-corrected chi connectivity index (χ3v) is 4.22. The Morgan fingerprint density at radius 1 is 1.00 bits per heavy atom. The molecule has 0 fully saturated rings. The number of benzene rings is 1. The molecule has 0 aliphatic heterocycles. The summed E-state index contributed by atoms with van der Waals surface area (Å²) in [6, 6.07) is 14.6. The first-order chi connectivity index (χ1) is 10.4. The summed E-state index contributed by atoms with van der Waals surface area (Å²) in [5.41, 5.74) is 6.45. The number of hydrogen-bond acceptors (Lipinski definition) is 1. The zero-order valence-electron chi connectivity index (χ0n) is 13.6. The van der Waals surface area contributed by atoms with Gasteiger partial charge in [-0.2, -0.15) is 0 Å². The van der Waals surface area contributed by atoms with Crippen molar-refractivity contribution < 1.29 is 4.79 Å². The summed E-state index contributed by atoms with van der Waals surface area (Å²) >= 11 is 0. The summed E-state index contributed by atoms with van der Waals surface area (Å²) in [4.78, 5) is 11.6. The topological polar surface area (TPSA) is 21.5 Å². The maximum Gasteiger partial charge on any atom is 0.167 e. The average Bonchev–Trinajstić information content (AvgIpc) is 2.84. The van der Waals surface area contributed by atoms with Crippen molar-refractivity contribution in [1.82, 2.24) is 4.40 Å². The highest BCUT2D eigenvalue weighted by Gasteiger charge is 2.18. The summed E-state index contributed by atoms with van der Waals surface area (Å²) in [6.45, 7) is 8.72. The van der Waals surface area contributed by atoms with E-state index in [1.54, 1.807) is 0 Å². The molecule has 2 nitrogen and oxygen atoms in total. The second kappa shape index (κ2) is 5.13. The molecule has 0 amide bonds. The Hall–Kier alpha value is -2.35. The molecule has 0 saturated carbocycles. The fourth-order valence-electron chi connectivity index (χ4n) is 2.86. The van der Waals surface area contributed by atoms with E-state index in [9.17, 15) is 4.79 Å². The molecule has 0 aliphatic carbocycles. The number of aromatic nitrogens is 1. The van der Waals surface area contributed by atoms with Gasteiger partial charge in [0.05, 0.1) is 5.69 Å². The molecular weight excluding hydrogens is 270 g/mol. The lowest BCUT2D eigenvalue weighted by Gasteiger charge is -2.20. The molecule has 0 spiro atoms. The number of carbonyl (C=O) groups excluding carboxylic acids is 1. The van der Waals surface area contributed by atoms with Crippen molar-refractivity contribution >= 4 is 11.8 Å². The number of nitrogens with zero attached hydrogens (tertiary/aromatic N) is 1. The lowest BCUT2D eigenvalue weighted by atomic mass is 9.84. The Morgan fingerprint density at radius 3 is 2.45 bits per heavy atom.